The van der Waals surface area contributed by atoms with Crippen LogP contribution in [-0.4, -0.2) is 22.2 Å². The molecule has 2 aromatic heterocycles. The van der Waals surface area contributed by atoms with Crippen LogP contribution in [0.4, 0.5) is 4.39 Å². The van der Waals surface area contributed by atoms with E-state index in [0.717, 1.165) is 16.6 Å². The SMILES string of the molecule is COC(=O)c1cc2c(ccn2C)n1Cc1ccc(F)cc1. The Morgan fingerprint density at radius 1 is 1.19 bits per heavy atom. The molecule has 0 aliphatic carbocycles. The maximum absolute atomic E-state index is 13.0. The monoisotopic (exact) mass is 286 g/mol. The first-order valence-electron chi connectivity index (χ1n) is 6.57. The molecule has 0 fully saturated rings. The first-order valence-corrected chi connectivity index (χ1v) is 6.57. The number of hydrogen-bond acceptors (Lipinski definition) is 2. The van der Waals surface area contributed by atoms with E-state index in [0.29, 0.717) is 12.2 Å². The Labute approximate surface area is 121 Å². The lowest BCUT2D eigenvalue weighted by atomic mass is 10.2. The first-order chi connectivity index (χ1) is 10.1. The smallest absolute Gasteiger partial charge is 0.354 e. The van der Waals surface area contributed by atoms with Gasteiger partial charge < -0.3 is 13.9 Å². The minimum Gasteiger partial charge on any atom is -0.464 e. The summed E-state index contributed by atoms with van der Waals surface area (Å²) in [7, 11) is 3.29. The van der Waals surface area contributed by atoms with E-state index >= 15 is 0 Å². The van der Waals surface area contributed by atoms with Crippen molar-refractivity contribution in [3.05, 3.63) is 59.7 Å². The van der Waals surface area contributed by atoms with Crippen molar-refractivity contribution >= 4 is 17.0 Å². The largest absolute Gasteiger partial charge is 0.464 e. The van der Waals surface area contributed by atoms with Crippen molar-refractivity contribution < 1.29 is 13.9 Å². The fraction of sp³-hybridized carbons (Fsp3) is 0.188. The summed E-state index contributed by atoms with van der Waals surface area (Å²) in [6, 6.07) is 10.0. The average molecular weight is 286 g/mol. The van der Waals surface area contributed by atoms with Crippen LogP contribution in [0, 0.1) is 5.82 Å². The zero-order valence-corrected chi connectivity index (χ0v) is 11.8. The number of halogens is 1. The third-order valence-electron chi connectivity index (χ3n) is 3.60. The van der Waals surface area contributed by atoms with Crippen LogP contribution < -0.4 is 0 Å². The fourth-order valence-corrected chi connectivity index (χ4v) is 2.49. The van der Waals surface area contributed by atoms with E-state index in [9.17, 15) is 9.18 Å². The molecule has 0 radical (unpaired) electrons. The molecule has 0 N–H and O–H groups in total. The number of rotatable bonds is 3. The summed E-state index contributed by atoms with van der Waals surface area (Å²) in [5, 5.41) is 0. The molecular weight excluding hydrogens is 271 g/mol. The van der Waals surface area contributed by atoms with Gasteiger partial charge >= 0.3 is 5.97 Å². The minimum absolute atomic E-state index is 0.274. The van der Waals surface area contributed by atoms with Gasteiger partial charge in [-0.3, -0.25) is 0 Å². The van der Waals surface area contributed by atoms with Gasteiger partial charge in [-0.25, -0.2) is 9.18 Å². The van der Waals surface area contributed by atoms with Crippen LogP contribution in [0.15, 0.2) is 42.6 Å². The van der Waals surface area contributed by atoms with Crippen molar-refractivity contribution in [1.82, 2.24) is 9.13 Å². The molecule has 2 heterocycles. The van der Waals surface area contributed by atoms with Gasteiger partial charge in [0.05, 0.1) is 18.1 Å². The van der Waals surface area contributed by atoms with Gasteiger partial charge in [-0.05, 0) is 29.8 Å². The number of methoxy groups -OCH3 is 1. The fourth-order valence-electron chi connectivity index (χ4n) is 2.49. The summed E-state index contributed by atoms with van der Waals surface area (Å²) in [4.78, 5) is 11.9. The molecule has 0 aliphatic heterocycles. The molecule has 1 aromatic carbocycles. The molecule has 0 bridgehead atoms. The maximum atomic E-state index is 13.0. The number of nitrogens with zero attached hydrogens (tertiary/aromatic N) is 2. The summed E-state index contributed by atoms with van der Waals surface area (Å²) in [6.45, 7) is 0.484. The summed E-state index contributed by atoms with van der Waals surface area (Å²) in [5.74, 6) is -0.655. The maximum Gasteiger partial charge on any atom is 0.354 e. The Balaban J connectivity index is 2.10. The highest BCUT2D eigenvalue weighted by molar-refractivity contribution is 5.94. The number of ether oxygens (including phenoxy) is 1. The van der Waals surface area contributed by atoms with Gasteiger partial charge in [0.2, 0.25) is 0 Å². The Bertz CT molecular complexity index is 800. The van der Waals surface area contributed by atoms with Gasteiger partial charge in [0.25, 0.3) is 0 Å². The van der Waals surface area contributed by atoms with Crippen molar-refractivity contribution in [2.75, 3.05) is 7.11 Å². The van der Waals surface area contributed by atoms with Crippen molar-refractivity contribution in [2.45, 2.75) is 6.54 Å². The summed E-state index contributed by atoms with van der Waals surface area (Å²) < 4.78 is 21.7. The Morgan fingerprint density at radius 3 is 2.57 bits per heavy atom. The van der Waals surface area contributed by atoms with Crippen LogP contribution >= 0.6 is 0 Å². The molecule has 0 atom stereocenters. The first kappa shape index (κ1) is 13.4. The second-order valence-electron chi connectivity index (χ2n) is 4.93. The van der Waals surface area contributed by atoms with Gasteiger partial charge in [-0.2, -0.15) is 0 Å². The van der Waals surface area contributed by atoms with Crippen LogP contribution in [-0.2, 0) is 18.3 Å². The zero-order chi connectivity index (χ0) is 15.0. The predicted molar refractivity (Wildman–Crippen MR) is 77.8 cm³/mol. The van der Waals surface area contributed by atoms with Gasteiger partial charge in [-0.15, -0.1) is 0 Å². The van der Waals surface area contributed by atoms with Crippen molar-refractivity contribution in [3.8, 4) is 0 Å². The van der Waals surface area contributed by atoms with Gasteiger partial charge in [-0.1, -0.05) is 12.1 Å². The number of fused-ring (bicyclic) bond motifs is 1. The van der Waals surface area contributed by atoms with E-state index < -0.39 is 0 Å². The number of carbonyl (C=O) groups excluding carboxylic acids is 1. The second kappa shape index (κ2) is 5.09. The van der Waals surface area contributed by atoms with E-state index in [-0.39, 0.29) is 11.8 Å². The molecule has 0 saturated carbocycles. The van der Waals surface area contributed by atoms with Crippen LogP contribution in [0.3, 0.4) is 0 Å². The third-order valence-corrected chi connectivity index (χ3v) is 3.60. The quantitative estimate of drug-likeness (QED) is 0.694. The van der Waals surface area contributed by atoms with Crippen LogP contribution in [0.1, 0.15) is 16.1 Å². The number of hydrogen-bond donors (Lipinski definition) is 0. The summed E-state index contributed by atoms with van der Waals surface area (Å²) in [5.41, 5.74) is 3.31. The van der Waals surface area contributed by atoms with Crippen LogP contribution in [0.5, 0.6) is 0 Å². The molecule has 0 unspecified atom stereocenters. The van der Waals surface area contributed by atoms with Gasteiger partial charge in [0.15, 0.2) is 0 Å². The standard InChI is InChI=1S/C16H15FN2O2/c1-18-8-7-13-14(18)9-15(16(20)21-2)19(13)10-11-3-5-12(17)6-4-11/h3-9H,10H2,1-2H3. The lowest BCUT2D eigenvalue weighted by Gasteiger charge is -2.09. The average Bonchev–Trinajstić information content (AvgIpc) is 3.02. The molecule has 3 rings (SSSR count). The number of benzene rings is 1. The van der Waals surface area contributed by atoms with Gasteiger partial charge in [0, 0.05) is 19.8 Å². The topological polar surface area (TPSA) is 36.2 Å². The molecule has 0 spiro atoms. The molecule has 21 heavy (non-hydrogen) atoms. The molecule has 3 aromatic rings. The molecule has 0 saturated heterocycles. The molecule has 0 amide bonds. The Kier molecular flexibility index (Phi) is 3.25. The lowest BCUT2D eigenvalue weighted by molar-refractivity contribution is 0.0589. The van der Waals surface area contributed by atoms with E-state index in [1.807, 2.05) is 34.5 Å². The van der Waals surface area contributed by atoms with Gasteiger partial charge in [0.1, 0.15) is 11.5 Å². The van der Waals surface area contributed by atoms with E-state index in [1.165, 1.54) is 19.2 Å². The number of esters is 1. The molecular formula is C16H15FN2O2. The highest BCUT2D eigenvalue weighted by atomic mass is 19.1. The Morgan fingerprint density at radius 2 is 1.90 bits per heavy atom. The zero-order valence-electron chi connectivity index (χ0n) is 11.8. The normalized spacial score (nSPS) is 11.0. The number of carbonyl (C=O) groups is 1. The molecule has 5 heteroatoms. The number of aromatic nitrogens is 2. The minimum atomic E-state index is -0.381. The van der Waals surface area contributed by atoms with Crippen molar-refractivity contribution in [2.24, 2.45) is 7.05 Å². The molecule has 4 nitrogen and oxygen atoms in total. The number of aryl methyl sites for hydroxylation is 1. The van der Waals surface area contributed by atoms with E-state index in [4.69, 9.17) is 4.74 Å². The highest BCUT2D eigenvalue weighted by Crippen LogP contribution is 2.22. The predicted octanol–water partition coefficient (Wildman–Crippen LogP) is 2.95. The third kappa shape index (κ3) is 2.31. The second-order valence-corrected chi connectivity index (χ2v) is 4.93. The van der Waals surface area contributed by atoms with Crippen LogP contribution in [0.2, 0.25) is 0 Å². The summed E-state index contributed by atoms with van der Waals surface area (Å²) >= 11 is 0. The van der Waals surface area contributed by atoms with Crippen LogP contribution in [0.25, 0.3) is 11.0 Å². The highest BCUT2D eigenvalue weighted by Gasteiger charge is 2.17. The van der Waals surface area contributed by atoms with E-state index in [2.05, 4.69) is 0 Å². The molecule has 108 valence electrons. The lowest BCUT2D eigenvalue weighted by Crippen LogP contribution is -2.11. The van der Waals surface area contributed by atoms with Crippen molar-refractivity contribution in [3.63, 3.8) is 0 Å². The van der Waals surface area contributed by atoms with E-state index in [1.54, 1.807) is 12.1 Å². The Hall–Kier alpha value is -2.56. The molecule has 0 aliphatic rings. The summed E-state index contributed by atoms with van der Waals surface area (Å²) in [6.07, 6.45) is 1.94. The van der Waals surface area contributed by atoms with Crippen molar-refractivity contribution in [1.29, 1.82) is 0 Å².